The molecule has 0 radical (unpaired) electrons. The second-order valence-electron chi connectivity index (χ2n) is 6.17. The fourth-order valence-corrected chi connectivity index (χ4v) is 4.38. The van der Waals surface area contributed by atoms with Crippen LogP contribution in [0.15, 0.2) is 17.1 Å². The number of allylic oxidation sites excluding steroid dienone is 1. The number of hydrogen-bond acceptors (Lipinski definition) is 1. The average molecular weight is 229 g/mol. The van der Waals surface area contributed by atoms with E-state index in [1.807, 2.05) is 0 Å². The Balaban J connectivity index is 1.48. The third-order valence-corrected chi connectivity index (χ3v) is 5.19. The molecule has 0 aliphatic carbocycles. The molecule has 2 saturated heterocycles. The van der Waals surface area contributed by atoms with Crippen LogP contribution >= 0.6 is 0 Å². The molecule has 0 unspecified atom stereocenters. The molecule has 17 heavy (non-hydrogen) atoms. The summed E-state index contributed by atoms with van der Waals surface area (Å²) in [6.45, 7) is 2.01. The summed E-state index contributed by atoms with van der Waals surface area (Å²) in [6.07, 6.45) is 17.6. The second kappa shape index (κ2) is 5.41. The second-order valence-corrected chi connectivity index (χ2v) is 6.17. The van der Waals surface area contributed by atoms with Crippen LogP contribution in [-0.2, 0) is 0 Å². The predicted octanol–water partition coefficient (Wildman–Crippen LogP) is 4.38. The van der Waals surface area contributed by atoms with E-state index in [1.54, 1.807) is 0 Å². The molecule has 0 aromatic heterocycles. The summed E-state index contributed by atoms with van der Waals surface area (Å²) in [4.78, 5) is 4.50. The molecular formula is C15H24BN. The molecule has 0 saturated carbocycles. The van der Waals surface area contributed by atoms with Gasteiger partial charge in [0.1, 0.15) is 6.71 Å². The summed E-state index contributed by atoms with van der Waals surface area (Å²) < 4.78 is 0. The molecule has 0 aromatic carbocycles. The fraction of sp³-hybridized carbons (Fsp3) is 0.800. The van der Waals surface area contributed by atoms with Gasteiger partial charge in [0.25, 0.3) is 0 Å². The Hall–Kier alpha value is -0.525. The van der Waals surface area contributed by atoms with Gasteiger partial charge in [-0.2, -0.15) is 0 Å². The Morgan fingerprint density at radius 1 is 1.12 bits per heavy atom. The monoisotopic (exact) mass is 229 g/mol. The Morgan fingerprint density at radius 2 is 1.82 bits per heavy atom. The van der Waals surface area contributed by atoms with E-state index in [-0.39, 0.29) is 0 Å². The number of fused-ring (bicyclic) bond motifs is 2. The van der Waals surface area contributed by atoms with Crippen LogP contribution in [-0.4, -0.2) is 19.0 Å². The molecule has 3 rings (SSSR count). The van der Waals surface area contributed by atoms with E-state index in [9.17, 15) is 0 Å². The van der Waals surface area contributed by atoms with Gasteiger partial charge in [0.2, 0.25) is 0 Å². The van der Waals surface area contributed by atoms with Gasteiger partial charge in [-0.1, -0.05) is 69.0 Å². The Morgan fingerprint density at radius 3 is 2.41 bits per heavy atom. The van der Waals surface area contributed by atoms with E-state index in [0.717, 1.165) is 24.9 Å². The smallest absolute Gasteiger partial charge is 0.146 e. The molecule has 3 aliphatic heterocycles. The normalized spacial score (nSPS) is 31.8. The summed E-state index contributed by atoms with van der Waals surface area (Å²) in [5.41, 5.74) is 1.35. The van der Waals surface area contributed by atoms with Crippen LogP contribution in [0.2, 0.25) is 18.0 Å². The van der Waals surface area contributed by atoms with Crippen molar-refractivity contribution in [2.24, 2.45) is 4.99 Å². The molecule has 2 fully saturated rings. The molecule has 2 heteroatoms. The Labute approximate surface area is 106 Å². The maximum Gasteiger partial charge on any atom is 0.146 e. The van der Waals surface area contributed by atoms with Crippen molar-refractivity contribution in [1.82, 2.24) is 0 Å². The zero-order chi connectivity index (χ0) is 11.5. The molecule has 3 heterocycles. The third-order valence-electron chi connectivity index (χ3n) is 5.19. The summed E-state index contributed by atoms with van der Waals surface area (Å²) in [7, 11) is 0. The SMILES string of the molecule is C1=CC(CCCB2C3CCCC2CCC3)=NC1. The van der Waals surface area contributed by atoms with Crippen molar-refractivity contribution < 1.29 is 0 Å². The summed E-state index contributed by atoms with van der Waals surface area (Å²) in [6, 6.07) is 0. The van der Waals surface area contributed by atoms with Gasteiger partial charge < -0.3 is 0 Å². The van der Waals surface area contributed by atoms with Gasteiger partial charge in [-0.15, -0.1) is 0 Å². The lowest BCUT2D eigenvalue weighted by atomic mass is 9.26. The van der Waals surface area contributed by atoms with Gasteiger partial charge in [0.05, 0.1) is 6.54 Å². The van der Waals surface area contributed by atoms with Gasteiger partial charge in [-0.3, -0.25) is 4.99 Å². The first-order chi connectivity index (χ1) is 8.43. The van der Waals surface area contributed by atoms with E-state index in [4.69, 9.17) is 0 Å². The number of nitrogens with zero attached hydrogens (tertiary/aromatic N) is 1. The highest BCUT2D eigenvalue weighted by atomic mass is 14.7. The Kier molecular flexibility index (Phi) is 3.68. The van der Waals surface area contributed by atoms with Crippen LogP contribution in [0.1, 0.15) is 51.4 Å². The third kappa shape index (κ3) is 2.66. The topological polar surface area (TPSA) is 12.4 Å². The largest absolute Gasteiger partial charge is 0.286 e. The maximum absolute atomic E-state index is 4.50. The van der Waals surface area contributed by atoms with E-state index in [1.165, 1.54) is 63.4 Å². The molecule has 92 valence electrons. The van der Waals surface area contributed by atoms with Crippen LogP contribution < -0.4 is 0 Å². The van der Waals surface area contributed by atoms with Crippen LogP contribution in [0.3, 0.4) is 0 Å². The van der Waals surface area contributed by atoms with Crippen LogP contribution in [0, 0.1) is 0 Å². The minimum atomic E-state index is 0.935. The molecule has 3 aliphatic rings. The van der Waals surface area contributed by atoms with Crippen molar-refractivity contribution >= 4 is 12.4 Å². The molecule has 0 aromatic rings. The molecule has 1 nitrogen and oxygen atoms in total. The number of hydrogen-bond donors (Lipinski definition) is 0. The van der Waals surface area contributed by atoms with Crippen molar-refractivity contribution in [3.05, 3.63) is 12.2 Å². The van der Waals surface area contributed by atoms with Crippen molar-refractivity contribution in [2.45, 2.75) is 69.3 Å². The van der Waals surface area contributed by atoms with E-state index < -0.39 is 0 Å². The molecular weight excluding hydrogens is 205 g/mol. The summed E-state index contributed by atoms with van der Waals surface area (Å²) in [5.74, 6) is 2.17. The first-order valence-electron chi connectivity index (χ1n) is 7.63. The van der Waals surface area contributed by atoms with Crippen LogP contribution in [0.25, 0.3) is 0 Å². The minimum absolute atomic E-state index is 0.935. The molecule has 2 bridgehead atoms. The minimum Gasteiger partial charge on any atom is -0.286 e. The van der Waals surface area contributed by atoms with E-state index >= 15 is 0 Å². The quantitative estimate of drug-likeness (QED) is 0.634. The highest BCUT2D eigenvalue weighted by Gasteiger charge is 2.38. The molecule has 0 spiro atoms. The number of aliphatic imine (C=N–C) groups is 1. The maximum atomic E-state index is 4.50. The van der Waals surface area contributed by atoms with Gasteiger partial charge in [0, 0.05) is 5.71 Å². The predicted molar refractivity (Wildman–Crippen MR) is 76.4 cm³/mol. The summed E-state index contributed by atoms with van der Waals surface area (Å²) >= 11 is 0. The van der Waals surface area contributed by atoms with Crippen molar-refractivity contribution in [3.8, 4) is 0 Å². The van der Waals surface area contributed by atoms with Crippen LogP contribution in [0.4, 0.5) is 0 Å². The highest BCUT2D eigenvalue weighted by Crippen LogP contribution is 2.48. The standard InChI is InChI=1S/C15H24BN/c1-5-13-7-2-8-14(6-1)16(13)11-3-9-15-10-4-12-17-15/h4,10,13-14H,1-3,5-9,11-12H2. The van der Waals surface area contributed by atoms with E-state index in [2.05, 4.69) is 17.1 Å². The lowest BCUT2D eigenvalue weighted by Crippen LogP contribution is -2.34. The van der Waals surface area contributed by atoms with E-state index in [0.29, 0.717) is 0 Å². The zero-order valence-electron chi connectivity index (χ0n) is 10.9. The number of rotatable bonds is 4. The van der Waals surface area contributed by atoms with Gasteiger partial charge in [0.15, 0.2) is 0 Å². The average Bonchev–Trinajstić information content (AvgIpc) is 2.81. The lowest BCUT2D eigenvalue weighted by molar-refractivity contribution is 0.440. The van der Waals surface area contributed by atoms with Crippen molar-refractivity contribution in [1.29, 1.82) is 0 Å². The fourth-order valence-electron chi connectivity index (χ4n) is 4.38. The summed E-state index contributed by atoms with van der Waals surface area (Å²) in [5, 5.41) is 0. The van der Waals surface area contributed by atoms with Crippen molar-refractivity contribution in [2.75, 3.05) is 6.54 Å². The van der Waals surface area contributed by atoms with Gasteiger partial charge >= 0.3 is 0 Å². The first-order valence-corrected chi connectivity index (χ1v) is 7.63. The van der Waals surface area contributed by atoms with Crippen LogP contribution in [0.5, 0.6) is 0 Å². The molecule has 0 amide bonds. The zero-order valence-corrected chi connectivity index (χ0v) is 10.9. The lowest BCUT2D eigenvalue weighted by Gasteiger charge is -2.40. The first kappa shape index (κ1) is 11.6. The van der Waals surface area contributed by atoms with Gasteiger partial charge in [-0.05, 0) is 12.5 Å². The molecule has 0 N–H and O–H groups in total. The highest BCUT2D eigenvalue weighted by molar-refractivity contribution is 6.62. The van der Waals surface area contributed by atoms with Crippen molar-refractivity contribution in [3.63, 3.8) is 0 Å². The van der Waals surface area contributed by atoms with Gasteiger partial charge in [-0.25, -0.2) is 0 Å². The Bertz CT molecular complexity index is 299. The molecule has 0 atom stereocenters.